The zero-order chi connectivity index (χ0) is 18.9. The molecule has 26 heavy (non-hydrogen) atoms. The minimum absolute atomic E-state index is 0.00499. The van der Waals surface area contributed by atoms with E-state index in [0.717, 1.165) is 25.0 Å². The summed E-state index contributed by atoms with van der Waals surface area (Å²) < 4.78 is 39.6. The van der Waals surface area contributed by atoms with Gasteiger partial charge in [-0.2, -0.15) is 13.2 Å². The van der Waals surface area contributed by atoms with Crippen molar-refractivity contribution in [3.63, 3.8) is 0 Å². The number of alkyl halides is 3. The van der Waals surface area contributed by atoms with E-state index < -0.39 is 23.0 Å². The molecule has 3 heterocycles. The van der Waals surface area contributed by atoms with Crippen LogP contribution in [0, 0.1) is 5.92 Å². The standard InChI is InChI=1S/C15H16F3N5O2S/c16-15(17,18)11-6-9(5-10-12(24)22-14(25)26-10)20-13(21-11)23-3-1-8(7-19)2-4-23/h5-6,8H,1-4,7,19H2,(H,22,24,25)/b10-5-. The van der Waals surface area contributed by atoms with Gasteiger partial charge in [-0.05, 0) is 49.2 Å². The molecule has 2 aliphatic heterocycles. The number of anilines is 1. The smallest absolute Gasteiger partial charge is 0.341 e. The zero-order valence-corrected chi connectivity index (χ0v) is 14.4. The van der Waals surface area contributed by atoms with Gasteiger partial charge >= 0.3 is 6.18 Å². The number of halogens is 3. The fourth-order valence-electron chi connectivity index (χ4n) is 2.74. The quantitative estimate of drug-likeness (QED) is 0.765. The number of thioether (sulfide) groups is 1. The third-order valence-corrected chi connectivity index (χ3v) is 4.99. The predicted molar refractivity (Wildman–Crippen MR) is 90.1 cm³/mol. The molecule has 0 aromatic carbocycles. The number of piperidine rings is 1. The number of hydrogen-bond donors (Lipinski definition) is 2. The Labute approximate surface area is 151 Å². The lowest BCUT2D eigenvalue weighted by Gasteiger charge is -2.31. The normalized spacial score (nSPS) is 20.8. The average Bonchev–Trinajstić information content (AvgIpc) is 2.91. The van der Waals surface area contributed by atoms with Crippen molar-refractivity contribution >= 4 is 34.9 Å². The minimum Gasteiger partial charge on any atom is -0.341 e. The van der Waals surface area contributed by atoms with Gasteiger partial charge in [-0.25, -0.2) is 9.97 Å². The summed E-state index contributed by atoms with van der Waals surface area (Å²) in [6.45, 7) is 1.55. The largest absolute Gasteiger partial charge is 0.433 e. The molecule has 3 N–H and O–H groups in total. The number of carbonyl (C=O) groups excluding carboxylic acids is 2. The lowest BCUT2D eigenvalue weighted by Crippen LogP contribution is -2.37. The number of rotatable bonds is 3. The third-order valence-electron chi connectivity index (χ3n) is 4.18. The molecule has 2 aliphatic rings. The number of hydrogen-bond acceptors (Lipinski definition) is 7. The van der Waals surface area contributed by atoms with E-state index in [9.17, 15) is 22.8 Å². The predicted octanol–water partition coefficient (Wildman–Crippen LogP) is 1.99. The third kappa shape index (κ3) is 4.15. The topological polar surface area (TPSA) is 101 Å². The summed E-state index contributed by atoms with van der Waals surface area (Å²) in [4.78, 5) is 32.3. The Kier molecular flexibility index (Phi) is 5.19. The highest BCUT2D eigenvalue weighted by Crippen LogP contribution is 2.32. The summed E-state index contributed by atoms with van der Waals surface area (Å²) in [6.07, 6.45) is -1.99. The summed E-state index contributed by atoms with van der Waals surface area (Å²) >= 11 is 0.619. The van der Waals surface area contributed by atoms with Gasteiger partial charge < -0.3 is 10.6 Å². The van der Waals surface area contributed by atoms with E-state index in [2.05, 4.69) is 15.3 Å². The highest BCUT2D eigenvalue weighted by Gasteiger charge is 2.35. The second-order valence-corrected chi connectivity index (χ2v) is 7.01. The van der Waals surface area contributed by atoms with Crippen LogP contribution in [0.15, 0.2) is 11.0 Å². The molecule has 2 amide bonds. The summed E-state index contributed by atoms with van der Waals surface area (Å²) in [5.41, 5.74) is 4.47. The summed E-state index contributed by atoms with van der Waals surface area (Å²) in [5.74, 6) is -0.363. The lowest BCUT2D eigenvalue weighted by molar-refractivity contribution is -0.141. The van der Waals surface area contributed by atoms with Gasteiger partial charge in [0.2, 0.25) is 5.95 Å². The Bertz CT molecular complexity index is 760. The molecule has 140 valence electrons. The molecule has 0 bridgehead atoms. The van der Waals surface area contributed by atoms with Gasteiger partial charge in [-0.3, -0.25) is 14.9 Å². The number of carbonyl (C=O) groups is 2. The fraction of sp³-hybridized carbons (Fsp3) is 0.467. The van der Waals surface area contributed by atoms with Crippen molar-refractivity contribution in [2.75, 3.05) is 24.5 Å². The van der Waals surface area contributed by atoms with Crippen molar-refractivity contribution in [3.05, 3.63) is 22.4 Å². The molecule has 0 spiro atoms. The number of amides is 2. The van der Waals surface area contributed by atoms with Crippen LogP contribution in [0.25, 0.3) is 6.08 Å². The SMILES string of the molecule is NCC1CCN(c2nc(/C=C3\SC(=O)NC3=O)cc(C(F)(F)F)n2)CC1. The maximum Gasteiger partial charge on any atom is 0.433 e. The van der Waals surface area contributed by atoms with E-state index in [0.29, 0.717) is 37.3 Å². The van der Waals surface area contributed by atoms with Crippen molar-refractivity contribution in [1.82, 2.24) is 15.3 Å². The molecule has 1 aromatic rings. The Morgan fingerprint density at radius 2 is 2.00 bits per heavy atom. The molecule has 0 unspecified atom stereocenters. The first kappa shape index (κ1) is 18.6. The summed E-state index contributed by atoms with van der Waals surface area (Å²) in [6, 6.07) is 0.764. The van der Waals surface area contributed by atoms with Crippen LogP contribution in [-0.2, 0) is 11.0 Å². The fourth-order valence-corrected chi connectivity index (χ4v) is 3.40. The Morgan fingerprint density at radius 3 is 2.54 bits per heavy atom. The molecule has 11 heteroatoms. The van der Waals surface area contributed by atoms with Gasteiger partial charge in [0, 0.05) is 13.1 Å². The Morgan fingerprint density at radius 1 is 1.31 bits per heavy atom. The molecular formula is C15H16F3N5O2S. The van der Waals surface area contributed by atoms with Crippen LogP contribution >= 0.6 is 11.8 Å². The van der Waals surface area contributed by atoms with Crippen LogP contribution in [0.3, 0.4) is 0 Å². The van der Waals surface area contributed by atoms with E-state index in [1.807, 2.05) is 0 Å². The Hall–Kier alpha value is -2.14. The lowest BCUT2D eigenvalue weighted by atomic mass is 9.97. The first-order valence-corrected chi connectivity index (χ1v) is 8.74. The number of aromatic nitrogens is 2. The van der Waals surface area contributed by atoms with Gasteiger partial charge in [0.1, 0.15) is 0 Å². The molecule has 0 aliphatic carbocycles. The molecule has 3 rings (SSSR count). The van der Waals surface area contributed by atoms with E-state index in [-0.39, 0.29) is 16.5 Å². The maximum absolute atomic E-state index is 13.2. The molecule has 2 saturated heterocycles. The number of nitrogens with one attached hydrogen (secondary N) is 1. The van der Waals surface area contributed by atoms with Gasteiger partial charge in [0.15, 0.2) is 5.69 Å². The summed E-state index contributed by atoms with van der Waals surface area (Å²) in [7, 11) is 0. The van der Waals surface area contributed by atoms with E-state index in [1.54, 1.807) is 4.90 Å². The van der Waals surface area contributed by atoms with Crippen LogP contribution < -0.4 is 16.0 Å². The van der Waals surface area contributed by atoms with E-state index >= 15 is 0 Å². The van der Waals surface area contributed by atoms with Gasteiger partial charge in [-0.15, -0.1) is 0 Å². The maximum atomic E-state index is 13.2. The zero-order valence-electron chi connectivity index (χ0n) is 13.5. The number of imide groups is 1. The van der Waals surface area contributed by atoms with Crippen LogP contribution in [0.5, 0.6) is 0 Å². The van der Waals surface area contributed by atoms with Crippen molar-refractivity contribution in [3.8, 4) is 0 Å². The molecule has 0 radical (unpaired) electrons. The van der Waals surface area contributed by atoms with E-state index in [1.165, 1.54) is 0 Å². The molecule has 0 atom stereocenters. The van der Waals surface area contributed by atoms with Crippen LogP contribution in [0.1, 0.15) is 24.2 Å². The summed E-state index contributed by atoms with van der Waals surface area (Å²) in [5, 5.41) is 1.48. The molecule has 7 nitrogen and oxygen atoms in total. The Balaban J connectivity index is 1.94. The molecule has 1 aromatic heterocycles. The first-order chi connectivity index (χ1) is 12.3. The highest BCUT2D eigenvalue weighted by atomic mass is 32.2. The van der Waals surface area contributed by atoms with E-state index in [4.69, 9.17) is 5.73 Å². The molecule has 0 saturated carbocycles. The van der Waals surface area contributed by atoms with Crippen molar-refractivity contribution in [2.45, 2.75) is 19.0 Å². The van der Waals surface area contributed by atoms with Crippen LogP contribution in [0.2, 0.25) is 0 Å². The minimum atomic E-state index is -4.65. The number of nitrogens with two attached hydrogens (primary N) is 1. The number of nitrogens with zero attached hydrogens (tertiary/aromatic N) is 3. The average molecular weight is 387 g/mol. The molecular weight excluding hydrogens is 371 g/mol. The van der Waals surface area contributed by atoms with Gasteiger partial charge in [0.05, 0.1) is 10.6 Å². The van der Waals surface area contributed by atoms with Gasteiger partial charge in [-0.1, -0.05) is 0 Å². The monoisotopic (exact) mass is 387 g/mol. The van der Waals surface area contributed by atoms with Crippen LogP contribution in [0.4, 0.5) is 23.9 Å². The second-order valence-electron chi connectivity index (χ2n) is 5.99. The van der Waals surface area contributed by atoms with Gasteiger partial charge in [0.25, 0.3) is 11.1 Å². The second kappa shape index (κ2) is 7.23. The van der Waals surface area contributed by atoms with Crippen LogP contribution in [-0.4, -0.2) is 40.7 Å². The first-order valence-electron chi connectivity index (χ1n) is 7.92. The molecule has 2 fully saturated rings. The van der Waals surface area contributed by atoms with Crippen molar-refractivity contribution in [2.24, 2.45) is 11.7 Å². The van der Waals surface area contributed by atoms with Crippen molar-refractivity contribution < 1.29 is 22.8 Å². The van der Waals surface area contributed by atoms with Crippen molar-refractivity contribution in [1.29, 1.82) is 0 Å². The highest BCUT2D eigenvalue weighted by molar-refractivity contribution is 8.18.